The standard InChI is InChI=1S/C13H26N2O2/c1-12(2,3)11(17)15(7)9-8-13(4,5)10(16)14-6/h8-9H2,1-7H3,(H,14,16). The minimum atomic E-state index is -0.443. The SMILES string of the molecule is CNC(=O)C(C)(C)CCN(C)C(=O)C(C)(C)C. The third kappa shape index (κ3) is 4.75. The van der Waals surface area contributed by atoms with Crippen LogP contribution in [0.4, 0.5) is 0 Å². The molecule has 0 unspecified atom stereocenters. The van der Waals surface area contributed by atoms with Crippen molar-refractivity contribution in [3.63, 3.8) is 0 Å². The maximum atomic E-state index is 11.9. The van der Waals surface area contributed by atoms with Crippen LogP contribution in [0.25, 0.3) is 0 Å². The minimum absolute atomic E-state index is 0.00843. The molecular weight excluding hydrogens is 216 g/mol. The van der Waals surface area contributed by atoms with Crippen molar-refractivity contribution in [1.82, 2.24) is 10.2 Å². The van der Waals surface area contributed by atoms with Gasteiger partial charge < -0.3 is 10.2 Å². The number of nitrogens with one attached hydrogen (secondary N) is 1. The van der Waals surface area contributed by atoms with Gasteiger partial charge in [0.2, 0.25) is 11.8 Å². The number of nitrogens with zero attached hydrogens (tertiary/aromatic N) is 1. The fraction of sp³-hybridized carbons (Fsp3) is 0.846. The van der Waals surface area contributed by atoms with Crippen LogP contribution in [0.2, 0.25) is 0 Å². The fourth-order valence-corrected chi connectivity index (χ4v) is 1.57. The third-order valence-electron chi connectivity index (χ3n) is 2.90. The van der Waals surface area contributed by atoms with Crippen molar-refractivity contribution in [1.29, 1.82) is 0 Å². The Labute approximate surface area is 105 Å². The lowest BCUT2D eigenvalue weighted by atomic mass is 9.87. The molecule has 100 valence electrons. The van der Waals surface area contributed by atoms with Gasteiger partial charge in [0.1, 0.15) is 0 Å². The summed E-state index contributed by atoms with van der Waals surface area (Å²) in [6, 6.07) is 0. The van der Waals surface area contributed by atoms with Gasteiger partial charge in [-0.15, -0.1) is 0 Å². The van der Waals surface area contributed by atoms with E-state index in [1.54, 1.807) is 19.0 Å². The molecule has 2 amide bonds. The highest BCUT2D eigenvalue weighted by Gasteiger charge is 2.29. The van der Waals surface area contributed by atoms with Gasteiger partial charge in [-0.05, 0) is 6.42 Å². The average Bonchev–Trinajstić information content (AvgIpc) is 2.22. The predicted molar refractivity (Wildman–Crippen MR) is 69.6 cm³/mol. The Hall–Kier alpha value is -1.06. The van der Waals surface area contributed by atoms with E-state index in [9.17, 15) is 9.59 Å². The molecule has 0 aliphatic carbocycles. The highest BCUT2D eigenvalue weighted by molar-refractivity contribution is 5.82. The molecule has 0 aromatic carbocycles. The van der Waals surface area contributed by atoms with Gasteiger partial charge in [-0.25, -0.2) is 0 Å². The topological polar surface area (TPSA) is 49.4 Å². The largest absolute Gasteiger partial charge is 0.359 e. The van der Waals surface area contributed by atoms with Gasteiger partial charge in [-0.2, -0.15) is 0 Å². The zero-order valence-corrected chi connectivity index (χ0v) is 12.2. The maximum absolute atomic E-state index is 11.9. The molecule has 0 aromatic rings. The molecule has 0 bridgehead atoms. The molecule has 0 rings (SSSR count). The lowest BCUT2D eigenvalue weighted by molar-refractivity contribution is -0.139. The molecule has 0 aliphatic heterocycles. The summed E-state index contributed by atoms with van der Waals surface area (Å²) in [6.07, 6.45) is 0.658. The molecule has 0 aromatic heterocycles. The van der Waals surface area contributed by atoms with Crippen molar-refractivity contribution < 1.29 is 9.59 Å². The highest BCUT2D eigenvalue weighted by Crippen LogP contribution is 2.22. The van der Waals surface area contributed by atoms with Gasteiger partial charge in [0.15, 0.2) is 0 Å². The molecule has 17 heavy (non-hydrogen) atoms. The minimum Gasteiger partial charge on any atom is -0.359 e. The van der Waals surface area contributed by atoms with Crippen LogP contribution in [-0.4, -0.2) is 37.4 Å². The van der Waals surface area contributed by atoms with E-state index in [4.69, 9.17) is 0 Å². The molecule has 0 aliphatic rings. The van der Waals surface area contributed by atoms with Gasteiger partial charge in [-0.3, -0.25) is 9.59 Å². The first-order chi connectivity index (χ1) is 7.52. The van der Waals surface area contributed by atoms with Crippen molar-refractivity contribution in [3.8, 4) is 0 Å². The van der Waals surface area contributed by atoms with Crippen LogP contribution >= 0.6 is 0 Å². The van der Waals surface area contributed by atoms with E-state index in [-0.39, 0.29) is 17.2 Å². The first-order valence-corrected chi connectivity index (χ1v) is 6.00. The average molecular weight is 242 g/mol. The molecule has 0 atom stereocenters. The Morgan fingerprint density at radius 2 is 1.59 bits per heavy atom. The van der Waals surface area contributed by atoms with Crippen molar-refractivity contribution in [2.45, 2.75) is 41.0 Å². The zero-order chi connectivity index (χ0) is 13.9. The number of amides is 2. The molecular formula is C13H26N2O2. The van der Waals surface area contributed by atoms with Crippen molar-refractivity contribution in [3.05, 3.63) is 0 Å². The van der Waals surface area contributed by atoms with E-state index in [1.807, 2.05) is 34.6 Å². The van der Waals surface area contributed by atoms with Crippen molar-refractivity contribution >= 4 is 11.8 Å². The molecule has 0 saturated carbocycles. The number of hydrogen-bond acceptors (Lipinski definition) is 2. The summed E-state index contributed by atoms with van der Waals surface area (Å²) in [6.45, 7) is 10.1. The summed E-state index contributed by atoms with van der Waals surface area (Å²) in [5, 5.41) is 2.65. The van der Waals surface area contributed by atoms with Crippen LogP contribution in [0.3, 0.4) is 0 Å². The van der Waals surface area contributed by atoms with E-state index in [2.05, 4.69) is 5.32 Å². The lowest BCUT2D eigenvalue weighted by Crippen LogP contribution is -2.41. The van der Waals surface area contributed by atoms with Crippen molar-refractivity contribution in [2.75, 3.05) is 20.6 Å². The second kappa shape index (κ2) is 5.52. The smallest absolute Gasteiger partial charge is 0.227 e. The molecule has 0 spiro atoms. The summed E-state index contributed by atoms with van der Waals surface area (Å²) in [5.41, 5.74) is -0.812. The summed E-state index contributed by atoms with van der Waals surface area (Å²) in [5.74, 6) is 0.110. The Kier molecular flexibility index (Phi) is 5.17. The van der Waals surface area contributed by atoms with Gasteiger partial charge in [0.25, 0.3) is 0 Å². The number of rotatable bonds is 4. The Balaban J connectivity index is 4.40. The van der Waals surface area contributed by atoms with Crippen LogP contribution < -0.4 is 5.32 Å². The van der Waals surface area contributed by atoms with E-state index in [1.165, 1.54) is 0 Å². The lowest BCUT2D eigenvalue weighted by Gasteiger charge is -2.29. The molecule has 0 radical (unpaired) electrons. The quantitative estimate of drug-likeness (QED) is 0.815. The Morgan fingerprint density at radius 1 is 1.12 bits per heavy atom. The van der Waals surface area contributed by atoms with Gasteiger partial charge in [0.05, 0.1) is 0 Å². The normalized spacial score (nSPS) is 12.2. The number of hydrogen-bond donors (Lipinski definition) is 1. The molecule has 0 fully saturated rings. The highest BCUT2D eigenvalue weighted by atomic mass is 16.2. The summed E-state index contributed by atoms with van der Waals surface area (Å²) in [7, 11) is 3.42. The predicted octanol–water partition coefficient (Wildman–Crippen LogP) is 1.65. The number of carbonyl (C=O) groups excluding carboxylic acids is 2. The van der Waals surface area contributed by atoms with E-state index in [0.29, 0.717) is 13.0 Å². The fourth-order valence-electron chi connectivity index (χ4n) is 1.57. The second-order valence-corrected chi connectivity index (χ2v) is 6.19. The number of carbonyl (C=O) groups is 2. The molecule has 0 heterocycles. The Morgan fingerprint density at radius 3 is 1.94 bits per heavy atom. The molecule has 0 saturated heterocycles. The van der Waals surface area contributed by atoms with E-state index in [0.717, 1.165) is 0 Å². The van der Waals surface area contributed by atoms with E-state index >= 15 is 0 Å². The van der Waals surface area contributed by atoms with Crippen LogP contribution in [0.1, 0.15) is 41.0 Å². The van der Waals surface area contributed by atoms with E-state index < -0.39 is 5.41 Å². The molecule has 4 heteroatoms. The van der Waals surface area contributed by atoms with Crippen LogP contribution in [0.15, 0.2) is 0 Å². The summed E-state index contributed by atoms with van der Waals surface area (Å²) >= 11 is 0. The van der Waals surface area contributed by atoms with Gasteiger partial charge >= 0.3 is 0 Å². The molecule has 4 nitrogen and oxygen atoms in total. The second-order valence-electron chi connectivity index (χ2n) is 6.19. The van der Waals surface area contributed by atoms with Crippen molar-refractivity contribution in [2.24, 2.45) is 10.8 Å². The third-order valence-corrected chi connectivity index (χ3v) is 2.90. The van der Waals surface area contributed by atoms with Crippen LogP contribution in [0.5, 0.6) is 0 Å². The zero-order valence-electron chi connectivity index (χ0n) is 12.2. The summed E-state index contributed by atoms with van der Waals surface area (Å²) in [4.78, 5) is 25.2. The monoisotopic (exact) mass is 242 g/mol. The first kappa shape index (κ1) is 15.9. The van der Waals surface area contributed by atoms with Crippen LogP contribution in [-0.2, 0) is 9.59 Å². The Bertz CT molecular complexity index is 290. The van der Waals surface area contributed by atoms with Gasteiger partial charge in [0, 0.05) is 31.5 Å². The van der Waals surface area contributed by atoms with Gasteiger partial charge in [-0.1, -0.05) is 34.6 Å². The molecule has 1 N–H and O–H groups in total. The first-order valence-electron chi connectivity index (χ1n) is 6.00. The van der Waals surface area contributed by atoms with Crippen LogP contribution in [0, 0.1) is 10.8 Å². The maximum Gasteiger partial charge on any atom is 0.227 e. The summed E-state index contributed by atoms with van der Waals surface area (Å²) < 4.78 is 0.